The molecule has 0 saturated carbocycles. The molecule has 1 fully saturated rings. The molecule has 2 heteroatoms. The van der Waals surface area contributed by atoms with Gasteiger partial charge in [0.2, 0.25) is 0 Å². The van der Waals surface area contributed by atoms with E-state index in [1.54, 1.807) is 0 Å². The van der Waals surface area contributed by atoms with Crippen molar-refractivity contribution in [3.63, 3.8) is 0 Å². The van der Waals surface area contributed by atoms with E-state index < -0.39 is 0 Å². The number of hydrogen-bond donors (Lipinski definition) is 1. The second kappa shape index (κ2) is 4.24. The molecule has 12 heavy (non-hydrogen) atoms. The number of aliphatic hydroxyl groups is 1. The molecule has 0 spiro atoms. The molecule has 2 nitrogen and oxygen atoms in total. The van der Waals surface area contributed by atoms with Crippen molar-refractivity contribution in [3.05, 3.63) is 0 Å². The highest BCUT2D eigenvalue weighted by molar-refractivity contribution is 4.66. The SMILES string of the molecule is CCCC[N+]1(CCC)CC(O)C1. The zero-order valence-corrected chi connectivity index (χ0v) is 8.42. The molecule has 0 aromatic carbocycles. The van der Waals surface area contributed by atoms with E-state index in [-0.39, 0.29) is 6.10 Å². The average molecular weight is 172 g/mol. The quantitative estimate of drug-likeness (QED) is 0.621. The monoisotopic (exact) mass is 172 g/mol. The molecular formula is C10H22NO+. The second-order valence-electron chi connectivity index (χ2n) is 4.16. The smallest absolute Gasteiger partial charge is 0.152 e. The van der Waals surface area contributed by atoms with E-state index in [1.807, 2.05) is 0 Å². The van der Waals surface area contributed by atoms with Crippen molar-refractivity contribution in [1.82, 2.24) is 0 Å². The molecule has 1 rings (SSSR count). The Balaban J connectivity index is 2.29. The Morgan fingerprint density at radius 1 is 1.17 bits per heavy atom. The average Bonchev–Trinajstić information content (AvgIpc) is 1.98. The van der Waals surface area contributed by atoms with E-state index in [1.165, 1.54) is 36.8 Å². The molecule has 0 aromatic heterocycles. The molecule has 0 aliphatic carbocycles. The molecule has 1 N–H and O–H groups in total. The fraction of sp³-hybridized carbons (Fsp3) is 1.00. The number of aliphatic hydroxyl groups excluding tert-OH is 1. The summed E-state index contributed by atoms with van der Waals surface area (Å²) in [6.45, 7) is 9.02. The summed E-state index contributed by atoms with van der Waals surface area (Å²) >= 11 is 0. The van der Waals surface area contributed by atoms with Crippen LogP contribution in [0.5, 0.6) is 0 Å². The van der Waals surface area contributed by atoms with Crippen molar-refractivity contribution in [3.8, 4) is 0 Å². The summed E-state index contributed by atoms with van der Waals surface area (Å²) in [6.07, 6.45) is 3.83. The van der Waals surface area contributed by atoms with E-state index in [9.17, 15) is 5.11 Å². The lowest BCUT2D eigenvalue weighted by Crippen LogP contribution is -2.66. The Morgan fingerprint density at radius 2 is 1.83 bits per heavy atom. The minimum atomic E-state index is -0.00611. The number of quaternary nitrogens is 1. The summed E-state index contributed by atoms with van der Waals surface area (Å²) in [6, 6.07) is 0. The van der Waals surface area contributed by atoms with E-state index in [2.05, 4.69) is 13.8 Å². The minimum absolute atomic E-state index is 0.00611. The maximum atomic E-state index is 9.29. The third-order valence-electron chi connectivity index (χ3n) is 2.88. The van der Waals surface area contributed by atoms with E-state index in [0.717, 1.165) is 13.1 Å². The summed E-state index contributed by atoms with van der Waals surface area (Å²) in [5, 5.41) is 9.29. The Morgan fingerprint density at radius 3 is 2.25 bits per heavy atom. The van der Waals surface area contributed by atoms with Gasteiger partial charge in [0.15, 0.2) is 6.10 Å². The normalized spacial score (nSPS) is 34.8. The third kappa shape index (κ3) is 2.20. The van der Waals surface area contributed by atoms with Crippen LogP contribution in [0.1, 0.15) is 33.1 Å². The van der Waals surface area contributed by atoms with E-state index >= 15 is 0 Å². The molecule has 0 aromatic rings. The van der Waals surface area contributed by atoms with Gasteiger partial charge in [-0.2, -0.15) is 0 Å². The van der Waals surface area contributed by atoms with E-state index in [0.29, 0.717) is 0 Å². The molecule has 0 radical (unpaired) electrons. The van der Waals surface area contributed by atoms with Gasteiger partial charge in [0.05, 0.1) is 13.1 Å². The number of hydrogen-bond acceptors (Lipinski definition) is 1. The second-order valence-corrected chi connectivity index (χ2v) is 4.16. The predicted octanol–water partition coefficient (Wildman–Crippen LogP) is 1.39. The van der Waals surface area contributed by atoms with Crippen LogP contribution >= 0.6 is 0 Å². The zero-order valence-electron chi connectivity index (χ0n) is 8.42. The first-order chi connectivity index (χ1) is 5.72. The molecule has 1 saturated heterocycles. The highest BCUT2D eigenvalue weighted by Crippen LogP contribution is 2.22. The van der Waals surface area contributed by atoms with Gasteiger partial charge in [-0.25, -0.2) is 0 Å². The van der Waals surface area contributed by atoms with Crippen LogP contribution in [0.15, 0.2) is 0 Å². The van der Waals surface area contributed by atoms with Crippen LogP contribution in [-0.2, 0) is 0 Å². The lowest BCUT2D eigenvalue weighted by atomic mass is 10.0. The van der Waals surface area contributed by atoms with Crippen molar-refractivity contribution in [2.24, 2.45) is 0 Å². The van der Waals surface area contributed by atoms with Gasteiger partial charge in [0.25, 0.3) is 0 Å². The van der Waals surface area contributed by atoms with Gasteiger partial charge in [-0.1, -0.05) is 20.3 Å². The Bertz CT molecular complexity index is 124. The number of rotatable bonds is 5. The maximum Gasteiger partial charge on any atom is 0.152 e. The number of unbranched alkanes of at least 4 members (excludes halogenated alkanes) is 1. The van der Waals surface area contributed by atoms with Gasteiger partial charge >= 0.3 is 0 Å². The molecule has 72 valence electrons. The molecule has 0 bridgehead atoms. The lowest BCUT2D eigenvalue weighted by molar-refractivity contribution is -0.972. The van der Waals surface area contributed by atoms with Crippen LogP contribution in [0.3, 0.4) is 0 Å². The van der Waals surface area contributed by atoms with Crippen molar-refractivity contribution < 1.29 is 9.59 Å². The maximum absolute atomic E-state index is 9.29. The molecule has 1 aliphatic rings. The van der Waals surface area contributed by atoms with Crippen LogP contribution in [0.25, 0.3) is 0 Å². The Labute approximate surface area is 75.8 Å². The van der Waals surface area contributed by atoms with Gasteiger partial charge in [0.1, 0.15) is 13.1 Å². The molecule has 1 aliphatic heterocycles. The highest BCUT2D eigenvalue weighted by Gasteiger charge is 2.41. The fourth-order valence-corrected chi connectivity index (χ4v) is 2.29. The Kier molecular flexibility index (Phi) is 3.53. The third-order valence-corrected chi connectivity index (χ3v) is 2.88. The van der Waals surface area contributed by atoms with Crippen LogP contribution < -0.4 is 0 Å². The van der Waals surface area contributed by atoms with Crippen LogP contribution in [0.4, 0.5) is 0 Å². The first-order valence-electron chi connectivity index (χ1n) is 5.25. The van der Waals surface area contributed by atoms with Gasteiger partial charge in [0, 0.05) is 0 Å². The summed E-state index contributed by atoms with van der Waals surface area (Å²) in [7, 11) is 0. The standard InChI is InChI=1S/C10H22NO/c1-3-5-7-11(6-4-2)8-10(12)9-11/h10,12H,3-9H2,1-2H3/q+1. The fourth-order valence-electron chi connectivity index (χ4n) is 2.29. The zero-order chi connectivity index (χ0) is 9.03. The highest BCUT2D eigenvalue weighted by atomic mass is 16.3. The lowest BCUT2D eigenvalue weighted by Gasteiger charge is -2.48. The molecule has 0 unspecified atom stereocenters. The minimum Gasteiger partial charge on any atom is -0.382 e. The summed E-state index contributed by atoms with van der Waals surface area (Å²) in [4.78, 5) is 0. The van der Waals surface area contributed by atoms with Crippen LogP contribution in [-0.4, -0.2) is 41.9 Å². The van der Waals surface area contributed by atoms with Crippen molar-refractivity contribution in [2.75, 3.05) is 26.2 Å². The van der Waals surface area contributed by atoms with Gasteiger partial charge in [-0.15, -0.1) is 0 Å². The molecular weight excluding hydrogens is 150 g/mol. The van der Waals surface area contributed by atoms with Crippen LogP contribution in [0, 0.1) is 0 Å². The summed E-state index contributed by atoms with van der Waals surface area (Å²) in [5.74, 6) is 0. The van der Waals surface area contributed by atoms with Gasteiger partial charge in [-0.3, -0.25) is 0 Å². The van der Waals surface area contributed by atoms with Crippen molar-refractivity contribution in [1.29, 1.82) is 0 Å². The topological polar surface area (TPSA) is 20.2 Å². The van der Waals surface area contributed by atoms with Crippen molar-refractivity contribution in [2.45, 2.75) is 39.2 Å². The number of nitrogens with zero attached hydrogens (tertiary/aromatic N) is 1. The first-order valence-corrected chi connectivity index (χ1v) is 5.25. The predicted molar refractivity (Wildman–Crippen MR) is 50.9 cm³/mol. The van der Waals surface area contributed by atoms with E-state index in [4.69, 9.17) is 0 Å². The summed E-state index contributed by atoms with van der Waals surface area (Å²) < 4.78 is 1.19. The molecule has 0 amide bonds. The summed E-state index contributed by atoms with van der Waals surface area (Å²) in [5.41, 5.74) is 0. The molecule has 1 heterocycles. The van der Waals surface area contributed by atoms with Crippen molar-refractivity contribution >= 4 is 0 Å². The Hall–Kier alpha value is -0.0800. The van der Waals surface area contributed by atoms with Crippen LogP contribution in [0.2, 0.25) is 0 Å². The van der Waals surface area contributed by atoms with Gasteiger partial charge < -0.3 is 9.59 Å². The number of likely N-dealkylation sites (tertiary alicyclic amines) is 1. The first kappa shape index (κ1) is 10.0. The molecule has 0 atom stereocenters. The van der Waals surface area contributed by atoms with Gasteiger partial charge in [-0.05, 0) is 12.8 Å². The largest absolute Gasteiger partial charge is 0.382 e.